The Morgan fingerprint density at radius 2 is 2.00 bits per heavy atom. The molecule has 1 aromatic carbocycles. The molecule has 5 rings (SSSR count). The van der Waals surface area contributed by atoms with E-state index in [2.05, 4.69) is 9.97 Å². The Kier molecular flexibility index (Phi) is 4.13. The molecule has 1 unspecified atom stereocenters. The quantitative estimate of drug-likeness (QED) is 0.711. The first-order valence-corrected chi connectivity index (χ1v) is 11.3. The van der Waals surface area contributed by atoms with E-state index in [0.717, 1.165) is 10.9 Å². The van der Waals surface area contributed by atoms with Gasteiger partial charge >= 0.3 is 0 Å². The average Bonchev–Trinajstić information content (AvgIpc) is 3.24. The van der Waals surface area contributed by atoms with Gasteiger partial charge in [-0.05, 0) is 18.6 Å². The zero-order chi connectivity index (χ0) is 20.1. The first kappa shape index (κ1) is 18.2. The topological polar surface area (TPSA) is 92.4 Å². The molecule has 2 aromatic heterocycles. The highest BCUT2D eigenvalue weighted by atomic mass is 32.2. The van der Waals surface area contributed by atoms with Gasteiger partial charge in [0.1, 0.15) is 4.75 Å². The number of amides is 1. The fourth-order valence-corrected chi connectivity index (χ4v) is 6.89. The summed E-state index contributed by atoms with van der Waals surface area (Å²) in [4.78, 5) is 21.9. The highest BCUT2D eigenvalue weighted by molar-refractivity contribution is 7.93. The Morgan fingerprint density at radius 3 is 2.79 bits per heavy atom. The van der Waals surface area contributed by atoms with E-state index in [4.69, 9.17) is 4.74 Å². The maximum absolute atomic E-state index is 13.0. The average molecular weight is 411 g/mol. The van der Waals surface area contributed by atoms with Crippen LogP contribution in [0.2, 0.25) is 0 Å². The van der Waals surface area contributed by atoms with Crippen molar-refractivity contribution in [1.29, 1.82) is 0 Å². The zero-order valence-electron chi connectivity index (χ0n) is 15.7. The second-order valence-corrected chi connectivity index (χ2v) is 10.2. The minimum atomic E-state index is -3.28. The lowest BCUT2D eigenvalue weighted by molar-refractivity contribution is 0.0409. The number of benzene rings is 1. The number of carbonyl (C=O) groups excluding carboxylic acids is 1. The van der Waals surface area contributed by atoms with Crippen molar-refractivity contribution in [1.82, 2.24) is 14.9 Å². The molecule has 0 saturated carbocycles. The fraction of sp³-hybridized carbons (Fsp3) is 0.333. The minimum absolute atomic E-state index is 0.137. The van der Waals surface area contributed by atoms with Crippen molar-refractivity contribution in [3.05, 3.63) is 60.4 Å². The Hall–Kier alpha value is -2.87. The van der Waals surface area contributed by atoms with E-state index >= 15 is 0 Å². The van der Waals surface area contributed by atoms with E-state index in [-0.39, 0.29) is 37.3 Å². The lowest BCUT2D eigenvalue weighted by Crippen LogP contribution is -2.68. The normalized spacial score (nSPS) is 21.9. The molecule has 2 fully saturated rings. The van der Waals surface area contributed by atoms with Crippen LogP contribution in [0.25, 0.3) is 10.9 Å². The first-order valence-electron chi connectivity index (χ1n) is 9.62. The molecule has 8 heteroatoms. The molecule has 3 aromatic rings. The van der Waals surface area contributed by atoms with Gasteiger partial charge < -0.3 is 14.6 Å². The summed E-state index contributed by atoms with van der Waals surface area (Å²) >= 11 is 0. The number of pyridine rings is 1. The summed E-state index contributed by atoms with van der Waals surface area (Å²) in [6.45, 7) is 0.708. The summed E-state index contributed by atoms with van der Waals surface area (Å²) in [7, 11) is -3.28. The molecule has 2 aliphatic rings. The van der Waals surface area contributed by atoms with E-state index in [9.17, 15) is 13.2 Å². The number of nitrogens with one attached hydrogen (secondary N) is 1. The van der Waals surface area contributed by atoms with E-state index in [1.807, 2.05) is 30.3 Å². The number of ether oxygens (including phenoxy) is 1. The number of para-hydroxylation sites is 1. The molecule has 4 heterocycles. The molecule has 1 spiro atoms. The minimum Gasteiger partial charge on any atom is -0.477 e. The van der Waals surface area contributed by atoms with E-state index in [0.29, 0.717) is 17.9 Å². The number of aromatic amines is 1. The molecular formula is C21H21N3O4S. The van der Waals surface area contributed by atoms with Crippen LogP contribution in [0.3, 0.4) is 0 Å². The third kappa shape index (κ3) is 2.81. The number of sulfone groups is 1. The molecule has 2 saturated heterocycles. The van der Waals surface area contributed by atoms with Crippen LogP contribution in [-0.4, -0.2) is 59.4 Å². The first-order chi connectivity index (χ1) is 14.0. The molecule has 1 N–H and O–H groups in total. The third-order valence-corrected chi connectivity index (χ3v) is 8.80. The predicted octanol–water partition coefficient (Wildman–Crippen LogP) is 2.27. The van der Waals surface area contributed by atoms with Crippen molar-refractivity contribution < 1.29 is 17.9 Å². The van der Waals surface area contributed by atoms with Crippen molar-refractivity contribution >= 4 is 26.6 Å². The predicted molar refractivity (Wildman–Crippen MR) is 109 cm³/mol. The summed E-state index contributed by atoms with van der Waals surface area (Å²) in [6.07, 6.45) is 3.88. The van der Waals surface area contributed by atoms with Crippen LogP contribution >= 0.6 is 0 Å². The van der Waals surface area contributed by atoms with Gasteiger partial charge in [-0.15, -0.1) is 0 Å². The van der Waals surface area contributed by atoms with Gasteiger partial charge in [0, 0.05) is 48.4 Å². The molecule has 150 valence electrons. The van der Waals surface area contributed by atoms with Gasteiger partial charge in [0.05, 0.1) is 17.9 Å². The van der Waals surface area contributed by atoms with E-state index in [1.54, 1.807) is 29.4 Å². The van der Waals surface area contributed by atoms with Crippen LogP contribution in [-0.2, 0) is 9.84 Å². The molecule has 1 atom stereocenters. The Balaban J connectivity index is 1.34. The number of fused-ring (bicyclic) bond motifs is 1. The van der Waals surface area contributed by atoms with Gasteiger partial charge in [-0.25, -0.2) is 13.4 Å². The smallest absolute Gasteiger partial charge is 0.256 e. The van der Waals surface area contributed by atoms with Crippen molar-refractivity contribution in [3.8, 4) is 5.88 Å². The number of nitrogens with zero attached hydrogens (tertiary/aromatic N) is 2. The number of H-pyrrole nitrogens is 1. The molecular weight excluding hydrogens is 390 g/mol. The number of hydrogen-bond acceptors (Lipinski definition) is 5. The number of likely N-dealkylation sites (tertiary alicyclic amines) is 1. The molecule has 0 aliphatic carbocycles. The van der Waals surface area contributed by atoms with Crippen LogP contribution in [0.5, 0.6) is 5.88 Å². The number of carbonyl (C=O) groups is 1. The van der Waals surface area contributed by atoms with E-state index in [1.165, 1.54) is 0 Å². The SMILES string of the molecule is O=C(c1c[nH]c2ccccc12)N1CC2(C1)C(COc1ccccn1)CCS2(=O)=O. The van der Waals surface area contributed by atoms with Gasteiger partial charge in [-0.1, -0.05) is 24.3 Å². The number of hydrogen-bond donors (Lipinski definition) is 1. The molecule has 7 nitrogen and oxygen atoms in total. The van der Waals surface area contributed by atoms with Crippen molar-refractivity contribution in [2.24, 2.45) is 5.92 Å². The van der Waals surface area contributed by atoms with Crippen LogP contribution in [0, 0.1) is 5.92 Å². The van der Waals surface area contributed by atoms with Crippen LogP contribution in [0.15, 0.2) is 54.9 Å². The Labute approximate surface area is 168 Å². The summed E-state index contributed by atoms with van der Waals surface area (Å²) in [6, 6.07) is 13.0. The fourth-order valence-electron chi connectivity index (χ4n) is 4.49. The van der Waals surface area contributed by atoms with Gasteiger partial charge in [-0.2, -0.15) is 0 Å². The molecule has 1 amide bonds. The van der Waals surface area contributed by atoms with Crippen molar-refractivity contribution in [2.45, 2.75) is 11.2 Å². The van der Waals surface area contributed by atoms with Crippen molar-refractivity contribution in [3.63, 3.8) is 0 Å². The van der Waals surface area contributed by atoms with Crippen LogP contribution in [0.4, 0.5) is 0 Å². The summed E-state index contributed by atoms with van der Waals surface area (Å²) in [5.74, 6) is 0.331. The van der Waals surface area contributed by atoms with Crippen LogP contribution in [0.1, 0.15) is 16.8 Å². The Bertz CT molecular complexity index is 1170. The molecule has 0 radical (unpaired) electrons. The number of aromatic nitrogens is 2. The summed E-state index contributed by atoms with van der Waals surface area (Å²) in [5, 5.41) is 0.850. The van der Waals surface area contributed by atoms with Gasteiger partial charge in [0.15, 0.2) is 9.84 Å². The molecule has 29 heavy (non-hydrogen) atoms. The van der Waals surface area contributed by atoms with Crippen LogP contribution < -0.4 is 4.74 Å². The van der Waals surface area contributed by atoms with E-state index < -0.39 is 14.6 Å². The number of rotatable bonds is 4. The van der Waals surface area contributed by atoms with Gasteiger partial charge in [-0.3, -0.25) is 4.79 Å². The lowest BCUT2D eigenvalue weighted by Gasteiger charge is -2.49. The van der Waals surface area contributed by atoms with Crippen molar-refractivity contribution in [2.75, 3.05) is 25.4 Å². The van der Waals surface area contributed by atoms with Gasteiger partial charge in [0.25, 0.3) is 5.91 Å². The lowest BCUT2D eigenvalue weighted by atomic mass is 9.83. The summed E-state index contributed by atoms with van der Waals surface area (Å²) in [5.41, 5.74) is 1.47. The Morgan fingerprint density at radius 1 is 1.21 bits per heavy atom. The maximum Gasteiger partial charge on any atom is 0.256 e. The standard InChI is InChI=1S/C21H21N3O4S/c25-20(17-11-23-18-6-2-1-5-16(17)18)24-13-21(14-24)15(8-10-29(21,26)27)12-28-19-7-3-4-9-22-19/h1-7,9,11,15,23H,8,10,12-14H2. The second-order valence-electron chi connectivity index (χ2n) is 7.76. The second kappa shape index (κ2) is 6.59. The summed E-state index contributed by atoms with van der Waals surface area (Å²) < 4.78 is 30.5. The monoisotopic (exact) mass is 411 g/mol. The largest absolute Gasteiger partial charge is 0.477 e. The highest BCUT2D eigenvalue weighted by Gasteiger charge is 2.62. The third-order valence-electron chi connectivity index (χ3n) is 6.19. The zero-order valence-corrected chi connectivity index (χ0v) is 16.6. The molecule has 2 aliphatic heterocycles. The maximum atomic E-state index is 13.0. The molecule has 0 bridgehead atoms. The van der Waals surface area contributed by atoms with Gasteiger partial charge in [0.2, 0.25) is 5.88 Å². The highest BCUT2D eigenvalue weighted by Crippen LogP contribution is 2.45.